The van der Waals surface area contributed by atoms with Gasteiger partial charge in [-0.1, -0.05) is 30.3 Å². The lowest BCUT2D eigenvalue weighted by molar-refractivity contribution is -0.384. The third-order valence-corrected chi connectivity index (χ3v) is 7.75. The van der Waals surface area contributed by atoms with Gasteiger partial charge in [-0.25, -0.2) is 8.42 Å². The maximum Gasteiger partial charge on any atom is 0.293 e. The van der Waals surface area contributed by atoms with Gasteiger partial charge in [-0.3, -0.25) is 10.1 Å². The molecule has 2 fully saturated rings. The van der Waals surface area contributed by atoms with Crippen LogP contribution in [0.1, 0.15) is 24.3 Å². The molecule has 30 heavy (non-hydrogen) atoms. The number of hydrogen-bond donors (Lipinski definition) is 0. The summed E-state index contributed by atoms with van der Waals surface area (Å²) in [5, 5.41) is 11.8. The van der Waals surface area contributed by atoms with Crippen molar-refractivity contribution >= 4 is 21.4 Å². The summed E-state index contributed by atoms with van der Waals surface area (Å²) in [5.41, 5.74) is 1.61. The Hall–Kier alpha value is -2.49. The van der Waals surface area contributed by atoms with Gasteiger partial charge in [-0.05, 0) is 36.5 Å². The molecule has 9 heteroatoms. The number of benzene rings is 2. The molecular formula is C21H25N3O5S. The van der Waals surface area contributed by atoms with Crippen molar-refractivity contribution in [2.24, 2.45) is 0 Å². The summed E-state index contributed by atoms with van der Waals surface area (Å²) < 4.78 is 32.3. The molecule has 2 saturated heterocycles. The van der Waals surface area contributed by atoms with Crippen molar-refractivity contribution in [3.05, 3.63) is 64.2 Å². The summed E-state index contributed by atoms with van der Waals surface area (Å²) in [6.45, 7) is 2.55. The first kappa shape index (κ1) is 20.8. The number of morpholine rings is 1. The van der Waals surface area contributed by atoms with E-state index < -0.39 is 14.9 Å². The van der Waals surface area contributed by atoms with Gasteiger partial charge in [0.1, 0.15) is 5.69 Å². The molecule has 0 atom stereocenters. The lowest BCUT2D eigenvalue weighted by atomic mass is 9.89. The van der Waals surface area contributed by atoms with E-state index in [1.807, 2.05) is 23.1 Å². The number of ether oxygens (including phenoxy) is 1. The summed E-state index contributed by atoms with van der Waals surface area (Å²) in [6, 6.07) is 14.5. The Bertz CT molecular complexity index is 999. The van der Waals surface area contributed by atoms with Gasteiger partial charge >= 0.3 is 0 Å². The zero-order valence-electron chi connectivity index (χ0n) is 16.6. The molecule has 0 spiro atoms. The number of rotatable bonds is 5. The van der Waals surface area contributed by atoms with Gasteiger partial charge in [-0.15, -0.1) is 0 Å². The molecule has 0 radical (unpaired) electrons. The van der Waals surface area contributed by atoms with E-state index in [1.165, 1.54) is 22.0 Å². The van der Waals surface area contributed by atoms with Gasteiger partial charge in [0.2, 0.25) is 10.0 Å². The lowest BCUT2D eigenvalue weighted by Gasteiger charge is -2.33. The molecule has 160 valence electrons. The Morgan fingerprint density at radius 3 is 2.27 bits per heavy atom. The monoisotopic (exact) mass is 431 g/mol. The highest BCUT2D eigenvalue weighted by Gasteiger charge is 2.31. The highest BCUT2D eigenvalue weighted by molar-refractivity contribution is 7.89. The standard InChI is InChI=1S/C21H25N3O5S/c25-24(26)21-16-19(30(27,28)23-12-14-29-15-13-23)6-7-20(21)22-10-8-18(9-11-22)17-4-2-1-3-5-17/h1-7,16,18H,8-15H2. The number of nitro groups is 1. The summed E-state index contributed by atoms with van der Waals surface area (Å²) in [4.78, 5) is 13.2. The molecule has 2 aromatic rings. The first-order valence-corrected chi connectivity index (χ1v) is 11.6. The van der Waals surface area contributed by atoms with Crippen molar-refractivity contribution in [3.63, 3.8) is 0 Å². The minimum atomic E-state index is -3.78. The van der Waals surface area contributed by atoms with E-state index >= 15 is 0 Å². The van der Waals surface area contributed by atoms with E-state index in [4.69, 9.17) is 4.74 Å². The molecule has 2 heterocycles. The van der Waals surface area contributed by atoms with Gasteiger partial charge in [0.05, 0.1) is 23.0 Å². The fraction of sp³-hybridized carbons (Fsp3) is 0.429. The van der Waals surface area contributed by atoms with Gasteiger partial charge in [0.25, 0.3) is 5.69 Å². The van der Waals surface area contributed by atoms with Gasteiger partial charge in [0.15, 0.2) is 0 Å². The van der Waals surface area contributed by atoms with Crippen LogP contribution in [-0.2, 0) is 14.8 Å². The third-order valence-electron chi connectivity index (χ3n) is 5.86. The van der Waals surface area contributed by atoms with Gasteiger partial charge < -0.3 is 9.64 Å². The molecule has 8 nitrogen and oxygen atoms in total. The highest BCUT2D eigenvalue weighted by atomic mass is 32.2. The van der Waals surface area contributed by atoms with Crippen LogP contribution in [0.15, 0.2) is 53.4 Å². The van der Waals surface area contributed by atoms with Crippen molar-refractivity contribution in [1.82, 2.24) is 4.31 Å². The zero-order chi connectivity index (χ0) is 21.1. The van der Waals surface area contributed by atoms with E-state index in [2.05, 4.69) is 12.1 Å². The zero-order valence-corrected chi connectivity index (χ0v) is 17.5. The van der Waals surface area contributed by atoms with E-state index in [0.717, 1.165) is 12.8 Å². The second-order valence-electron chi connectivity index (χ2n) is 7.60. The Morgan fingerprint density at radius 1 is 0.967 bits per heavy atom. The van der Waals surface area contributed by atoms with E-state index in [1.54, 1.807) is 6.07 Å². The predicted molar refractivity (Wildman–Crippen MR) is 113 cm³/mol. The number of piperidine rings is 1. The average molecular weight is 432 g/mol. The van der Waals surface area contributed by atoms with Crippen LogP contribution >= 0.6 is 0 Å². The molecule has 0 aliphatic carbocycles. The Kier molecular flexibility index (Phi) is 6.03. The Morgan fingerprint density at radius 2 is 1.63 bits per heavy atom. The van der Waals surface area contributed by atoms with Crippen molar-refractivity contribution in [2.45, 2.75) is 23.7 Å². The van der Waals surface area contributed by atoms with E-state index in [0.29, 0.717) is 37.9 Å². The number of nitro benzene ring substituents is 1. The van der Waals surface area contributed by atoms with Crippen molar-refractivity contribution in [1.29, 1.82) is 0 Å². The SMILES string of the molecule is O=[N+]([O-])c1cc(S(=O)(=O)N2CCOCC2)ccc1N1CCC(c2ccccc2)CC1. The van der Waals surface area contributed by atoms with Crippen LogP contribution in [0.5, 0.6) is 0 Å². The van der Waals surface area contributed by atoms with Crippen LogP contribution in [0.25, 0.3) is 0 Å². The predicted octanol–water partition coefficient (Wildman–Crippen LogP) is 3.00. The molecule has 2 aromatic carbocycles. The maximum atomic E-state index is 12.9. The van der Waals surface area contributed by atoms with Crippen LogP contribution in [0, 0.1) is 10.1 Å². The van der Waals surface area contributed by atoms with Crippen molar-refractivity contribution in [3.8, 4) is 0 Å². The van der Waals surface area contributed by atoms with Crippen molar-refractivity contribution < 1.29 is 18.1 Å². The maximum absolute atomic E-state index is 12.9. The highest BCUT2D eigenvalue weighted by Crippen LogP contribution is 2.36. The third kappa shape index (κ3) is 4.19. The molecular weight excluding hydrogens is 406 g/mol. The molecule has 0 unspecified atom stereocenters. The minimum Gasteiger partial charge on any atom is -0.379 e. The van der Waals surface area contributed by atoms with Crippen LogP contribution in [0.2, 0.25) is 0 Å². The van der Waals surface area contributed by atoms with Crippen molar-refractivity contribution in [2.75, 3.05) is 44.3 Å². The molecule has 0 N–H and O–H groups in total. The van der Waals surface area contributed by atoms with Crippen LogP contribution in [0.3, 0.4) is 0 Å². The number of sulfonamides is 1. The fourth-order valence-corrected chi connectivity index (χ4v) is 5.62. The molecule has 0 saturated carbocycles. The first-order valence-electron chi connectivity index (χ1n) is 10.1. The molecule has 2 aliphatic rings. The van der Waals surface area contributed by atoms with Gasteiger partial charge in [-0.2, -0.15) is 4.31 Å². The normalized spacial score (nSPS) is 19.0. The molecule has 2 aliphatic heterocycles. The molecule has 0 bridgehead atoms. The van der Waals surface area contributed by atoms with Crippen LogP contribution in [0.4, 0.5) is 11.4 Å². The smallest absolute Gasteiger partial charge is 0.293 e. The largest absolute Gasteiger partial charge is 0.379 e. The van der Waals surface area contributed by atoms with Crippen LogP contribution in [-0.4, -0.2) is 57.0 Å². The fourth-order valence-electron chi connectivity index (χ4n) is 4.19. The quantitative estimate of drug-likeness (QED) is 0.534. The molecule has 0 aromatic heterocycles. The number of anilines is 1. The summed E-state index contributed by atoms with van der Waals surface area (Å²) in [7, 11) is -3.78. The second kappa shape index (κ2) is 8.71. The topological polar surface area (TPSA) is 93.0 Å². The summed E-state index contributed by atoms with van der Waals surface area (Å²) in [5.74, 6) is 0.433. The molecule has 0 amide bonds. The summed E-state index contributed by atoms with van der Waals surface area (Å²) >= 11 is 0. The minimum absolute atomic E-state index is 0.0426. The second-order valence-corrected chi connectivity index (χ2v) is 9.53. The first-order chi connectivity index (χ1) is 14.5. The summed E-state index contributed by atoms with van der Waals surface area (Å²) in [6.07, 6.45) is 1.80. The van der Waals surface area contributed by atoms with Gasteiger partial charge in [0, 0.05) is 32.2 Å². The Balaban J connectivity index is 1.55. The lowest BCUT2D eigenvalue weighted by Crippen LogP contribution is -2.40. The number of hydrogen-bond acceptors (Lipinski definition) is 6. The van der Waals surface area contributed by atoms with E-state index in [-0.39, 0.29) is 23.7 Å². The Labute approximate surface area is 176 Å². The molecule has 4 rings (SSSR count). The van der Waals surface area contributed by atoms with Crippen LogP contribution < -0.4 is 4.90 Å². The average Bonchev–Trinajstić information content (AvgIpc) is 2.80. The van der Waals surface area contributed by atoms with E-state index in [9.17, 15) is 18.5 Å². The number of nitrogens with zero attached hydrogens (tertiary/aromatic N) is 3.